The highest BCUT2D eigenvalue weighted by Gasteiger charge is 2.77. The summed E-state index contributed by atoms with van der Waals surface area (Å²) in [6.45, 7) is 0. The molecule has 42 heavy (non-hydrogen) atoms. The molecule has 2 heterocycles. The molecule has 6 rings (SSSR count). The van der Waals surface area contributed by atoms with E-state index in [1.165, 1.54) is 14.2 Å². The molecule has 0 bridgehead atoms. The van der Waals surface area contributed by atoms with E-state index in [1.807, 2.05) is 72.8 Å². The van der Waals surface area contributed by atoms with E-state index in [0.717, 1.165) is 0 Å². The number of anilines is 1. The molecule has 210 valence electrons. The molecule has 2 aliphatic heterocycles. The van der Waals surface area contributed by atoms with E-state index in [-0.39, 0.29) is 11.3 Å². The third-order valence-electron chi connectivity index (χ3n) is 7.51. The SMILES string of the molecule is COC(=O)C1=C(C(=O)OC)[C@]2(c3ccc(Cl)cc3)N[N+](c3ccccc3)=N[C@]2(c2ccc(Cl)cc2)N1c1ccccc1. The molecule has 0 unspecified atom stereocenters. The highest BCUT2D eigenvalue weighted by molar-refractivity contribution is 6.30. The van der Waals surface area contributed by atoms with Crippen molar-refractivity contribution < 1.29 is 23.9 Å². The molecule has 0 aromatic heterocycles. The van der Waals surface area contributed by atoms with Crippen LogP contribution < -0.4 is 10.3 Å². The van der Waals surface area contributed by atoms with E-state index in [0.29, 0.717) is 32.5 Å². The van der Waals surface area contributed by atoms with E-state index in [2.05, 4.69) is 5.43 Å². The molecule has 0 fully saturated rings. The number of hydrogen-bond donors (Lipinski definition) is 1. The van der Waals surface area contributed by atoms with Crippen molar-refractivity contribution in [2.45, 2.75) is 11.2 Å². The molecule has 8 nitrogen and oxygen atoms in total. The van der Waals surface area contributed by atoms with Gasteiger partial charge in [-0.25, -0.2) is 9.59 Å². The Balaban J connectivity index is 1.83. The van der Waals surface area contributed by atoms with Crippen LogP contribution in [0.15, 0.2) is 126 Å². The first-order chi connectivity index (χ1) is 20.4. The maximum Gasteiger partial charge on any atom is 0.355 e. The molecule has 0 aliphatic carbocycles. The number of nitrogens with zero attached hydrogens (tertiary/aromatic N) is 3. The number of para-hydroxylation sites is 2. The van der Waals surface area contributed by atoms with Crippen molar-refractivity contribution in [3.63, 3.8) is 0 Å². The second kappa shape index (κ2) is 10.6. The fraction of sp³-hybridized carbons (Fsp3) is 0.125. The molecule has 2 atom stereocenters. The van der Waals surface area contributed by atoms with Crippen molar-refractivity contribution in [2.75, 3.05) is 19.1 Å². The van der Waals surface area contributed by atoms with Crippen LogP contribution in [0.3, 0.4) is 0 Å². The lowest BCUT2D eigenvalue weighted by Crippen LogP contribution is -2.58. The standard InChI is InChI=1S/C32H25Cl2N4O4/c1-41-29(39)27-28(30(40)42-2)37(25-9-5-3-6-10-25)32(22-15-19-24(34)20-16-22)31(27,21-13-17-23(33)18-14-21)35-38(36-32)26-11-7-4-8-12-26/h3-20H,1-2H3,(H,35,36)/q+1/t31-,32+/m0/s1. The minimum atomic E-state index is -1.53. The number of halogens is 2. The Morgan fingerprint density at radius 1 is 0.738 bits per heavy atom. The van der Waals surface area contributed by atoms with Crippen LogP contribution in [0.5, 0.6) is 0 Å². The Morgan fingerprint density at radius 3 is 1.81 bits per heavy atom. The normalized spacial score (nSPS) is 21.0. The van der Waals surface area contributed by atoms with Crippen molar-refractivity contribution in [2.24, 2.45) is 5.11 Å². The van der Waals surface area contributed by atoms with Crippen LogP contribution in [0.4, 0.5) is 11.4 Å². The topological polar surface area (TPSA) is 83.2 Å². The Labute approximate surface area is 252 Å². The predicted octanol–water partition coefficient (Wildman–Crippen LogP) is 6.48. The minimum absolute atomic E-state index is 0.0140. The zero-order chi connectivity index (χ0) is 29.5. The first-order valence-electron chi connectivity index (χ1n) is 13.0. The van der Waals surface area contributed by atoms with E-state index < -0.39 is 23.1 Å². The maximum atomic E-state index is 14.0. The van der Waals surface area contributed by atoms with Crippen LogP contribution >= 0.6 is 23.2 Å². The summed E-state index contributed by atoms with van der Waals surface area (Å²) in [5.74, 6) is -1.47. The van der Waals surface area contributed by atoms with Crippen molar-refractivity contribution in [3.8, 4) is 0 Å². The maximum absolute atomic E-state index is 14.0. The summed E-state index contributed by atoms with van der Waals surface area (Å²) in [5.41, 5.74) is 2.99. The van der Waals surface area contributed by atoms with E-state index in [1.54, 1.807) is 46.1 Å². The monoisotopic (exact) mass is 599 g/mol. The van der Waals surface area contributed by atoms with Crippen LogP contribution in [0.2, 0.25) is 10.0 Å². The van der Waals surface area contributed by atoms with Gasteiger partial charge in [-0.2, -0.15) is 0 Å². The van der Waals surface area contributed by atoms with Gasteiger partial charge in [0.2, 0.25) is 5.54 Å². The Bertz CT molecular complexity index is 1730. The highest BCUT2D eigenvalue weighted by Crippen LogP contribution is 2.62. The number of carbonyl (C=O) groups is 2. The summed E-state index contributed by atoms with van der Waals surface area (Å²) >= 11 is 12.7. The van der Waals surface area contributed by atoms with Gasteiger partial charge in [0, 0.05) is 43.3 Å². The van der Waals surface area contributed by atoms with Crippen molar-refractivity contribution in [3.05, 3.63) is 142 Å². The molecule has 4 aromatic rings. The lowest BCUT2D eigenvalue weighted by atomic mass is 9.72. The molecular weight excluding hydrogens is 575 g/mol. The summed E-state index contributed by atoms with van der Waals surface area (Å²) in [6, 6.07) is 32.9. The molecular formula is C32H25Cl2N4O4+. The van der Waals surface area contributed by atoms with Gasteiger partial charge in [0.05, 0.1) is 14.2 Å². The second-order valence-corrected chi connectivity index (χ2v) is 10.5. The van der Waals surface area contributed by atoms with Gasteiger partial charge >= 0.3 is 11.9 Å². The van der Waals surface area contributed by atoms with Crippen LogP contribution in [0, 0.1) is 0 Å². The number of methoxy groups -OCH3 is 2. The number of ether oxygens (including phenoxy) is 2. The molecule has 0 radical (unpaired) electrons. The van der Waals surface area contributed by atoms with Gasteiger partial charge in [-0.3, -0.25) is 4.90 Å². The molecule has 0 saturated heterocycles. The number of rotatable bonds is 6. The number of nitrogens with one attached hydrogen (secondary N) is 1. The van der Waals surface area contributed by atoms with Crippen LogP contribution in [0.25, 0.3) is 0 Å². The number of fused-ring (bicyclic) bond motifs is 1. The van der Waals surface area contributed by atoms with Crippen molar-refractivity contribution in [1.82, 2.24) is 5.43 Å². The second-order valence-electron chi connectivity index (χ2n) is 9.67. The van der Waals surface area contributed by atoms with Crippen LogP contribution in [-0.2, 0) is 30.3 Å². The van der Waals surface area contributed by atoms with Crippen molar-refractivity contribution >= 4 is 46.5 Å². The number of esters is 2. The summed E-state index contributed by atoms with van der Waals surface area (Å²) in [6.07, 6.45) is 0. The summed E-state index contributed by atoms with van der Waals surface area (Å²) in [4.78, 5) is 31.2. The molecule has 0 spiro atoms. The average molecular weight is 600 g/mol. The number of carbonyl (C=O) groups excluding carboxylic acids is 2. The third-order valence-corrected chi connectivity index (χ3v) is 8.01. The smallest absolute Gasteiger partial charge is 0.355 e. The first kappa shape index (κ1) is 27.5. The highest BCUT2D eigenvalue weighted by atomic mass is 35.5. The molecule has 4 aromatic carbocycles. The Hall–Kier alpha value is -4.66. The van der Waals surface area contributed by atoms with Gasteiger partial charge in [0.15, 0.2) is 0 Å². The largest absolute Gasteiger partial charge is 0.466 e. The zero-order valence-corrected chi connectivity index (χ0v) is 24.1. The van der Waals surface area contributed by atoms with Crippen LogP contribution in [-0.4, -0.2) is 31.0 Å². The lowest BCUT2D eigenvalue weighted by molar-refractivity contribution is -0.567. The number of hydrazine groups is 1. The first-order valence-corrected chi connectivity index (χ1v) is 13.8. The van der Waals surface area contributed by atoms with E-state index in [4.69, 9.17) is 37.8 Å². The third kappa shape index (κ3) is 3.98. The van der Waals surface area contributed by atoms with Crippen LogP contribution in [0.1, 0.15) is 11.1 Å². The quantitative estimate of drug-likeness (QED) is 0.202. The minimum Gasteiger partial charge on any atom is -0.466 e. The number of hydrogen-bond acceptors (Lipinski definition) is 7. The van der Waals surface area contributed by atoms with Gasteiger partial charge < -0.3 is 9.47 Å². The Morgan fingerprint density at radius 2 is 1.26 bits per heavy atom. The zero-order valence-electron chi connectivity index (χ0n) is 22.6. The van der Waals surface area contributed by atoms with Gasteiger partial charge in [-0.05, 0) is 42.0 Å². The number of benzene rings is 4. The summed E-state index contributed by atoms with van der Waals surface area (Å²) in [5, 5.41) is 6.34. The molecule has 1 N–H and O–H groups in total. The molecule has 0 amide bonds. The summed E-state index contributed by atoms with van der Waals surface area (Å²) in [7, 11) is 2.54. The molecule has 2 aliphatic rings. The van der Waals surface area contributed by atoms with Crippen molar-refractivity contribution in [1.29, 1.82) is 0 Å². The summed E-state index contributed by atoms with van der Waals surface area (Å²) < 4.78 is 10.7. The number of azo groups is 1. The fourth-order valence-electron chi connectivity index (χ4n) is 5.80. The predicted molar refractivity (Wildman–Crippen MR) is 158 cm³/mol. The van der Waals surface area contributed by atoms with Gasteiger partial charge in [-0.1, -0.05) is 83.9 Å². The lowest BCUT2D eigenvalue weighted by Gasteiger charge is -2.40. The van der Waals surface area contributed by atoms with Gasteiger partial charge in [-0.15, -0.1) is 5.43 Å². The van der Waals surface area contributed by atoms with E-state index >= 15 is 0 Å². The average Bonchev–Trinajstić information content (AvgIpc) is 3.50. The van der Waals surface area contributed by atoms with Gasteiger partial charge in [0.25, 0.3) is 11.4 Å². The van der Waals surface area contributed by atoms with E-state index in [9.17, 15) is 9.59 Å². The molecule has 10 heteroatoms. The van der Waals surface area contributed by atoms with Gasteiger partial charge in [0.1, 0.15) is 11.3 Å². The fourth-order valence-corrected chi connectivity index (χ4v) is 6.05. The Kier molecular flexibility index (Phi) is 6.96. The molecule has 0 saturated carbocycles.